The van der Waals surface area contributed by atoms with E-state index in [0.29, 0.717) is 18.0 Å². The normalized spacial score (nSPS) is 11.8. The van der Waals surface area contributed by atoms with Crippen molar-refractivity contribution in [1.82, 2.24) is 0 Å². The minimum atomic E-state index is -3.84. The van der Waals surface area contributed by atoms with Crippen LogP contribution in [0.15, 0.2) is 70.5 Å². The van der Waals surface area contributed by atoms with E-state index >= 15 is 0 Å². The molecule has 0 aliphatic rings. The van der Waals surface area contributed by atoms with E-state index in [2.05, 4.69) is 9.44 Å². The zero-order valence-corrected chi connectivity index (χ0v) is 20.0. The molecule has 3 rings (SSSR count). The van der Waals surface area contributed by atoms with Gasteiger partial charge in [0.25, 0.3) is 20.0 Å². The highest BCUT2D eigenvalue weighted by Crippen LogP contribution is 2.26. The molecular weight excluding hydrogens is 448 g/mol. The molecule has 3 aromatic rings. The molecule has 2 N–H and O–H groups in total. The van der Waals surface area contributed by atoms with E-state index in [1.807, 2.05) is 39.8 Å². The second kappa shape index (κ2) is 9.22. The topological polar surface area (TPSA) is 102 Å². The Kier molecular flexibility index (Phi) is 6.80. The van der Waals surface area contributed by atoms with Gasteiger partial charge in [-0.3, -0.25) is 9.44 Å². The summed E-state index contributed by atoms with van der Waals surface area (Å²) in [5.41, 5.74) is 3.49. The maximum absolute atomic E-state index is 12.8. The molecule has 0 bridgehead atoms. The molecule has 32 heavy (non-hydrogen) atoms. The van der Waals surface area contributed by atoms with Crippen LogP contribution in [0.3, 0.4) is 0 Å². The fourth-order valence-corrected chi connectivity index (χ4v) is 5.59. The van der Waals surface area contributed by atoms with Crippen molar-refractivity contribution in [1.29, 1.82) is 0 Å². The third-order valence-corrected chi connectivity index (χ3v) is 7.54. The van der Waals surface area contributed by atoms with Crippen molar-refractivity contribution < 1.29 is 21.6 Å². The van der Waals surface area contributed by atoms with Crippen LogP contribution in [-0.4, -0.2) is 23.4 Å². The Morgan fingerprint density at radius 2 is 1.19 bits per heavy atom. The summed E-state index contributed by atoms with van der Waals surface area (Å²) >= 11 is 0. The van der Waals surface area contributed by atoms with E-state index in [-0.39, 0.29) is 15.5 Å². The number of ether oxygens (including phenoxy) is 1. The van der Waals surface area contributed by atoms with Crippen LogP contribution in [-0.2, 0) is 20.0 Å². The van der Waals surface area contributed by atoms with Crippen LogP contribution >= 0.6 is 0 Å². The van der Waals surface area contributed by atoms with Gasteiger partial charge in [0.05, 0.1) is 22.1 Å². The first-order valence-electron chi connectivity index (χ1n) is 9.98. The maximum atomic E-state index is 12.8. The van der Waals surface area contributed by atoms with E-state index in [1.54, 1.807) is 12.1 Å². The summed E-state index contributed by atoms with van der Waals surface area (Å²) in [6, 6.07) is 15.4. The molecule has 0 amide bonds. The molecule has 9 heteroatoms. The van der Waals surface area contributed by atoms with Crippen molar-refractivity contribution in [2.45, 2.75) is 37.5 Å². The SMILES string of the molecule is CCOc1ccc(S(=O)(=O)Nc2ccc(S(=O)(=O)Nc3c(C)cc(C)cc3C)cc2)cc1. The van der Waals surface area contributed by atoms with Crippen molar-refractivity contribution in [2.24, 2.45) is 0 Å². The Labute approximate surface area is 189 Å². The van der Waals surface area contributed by atoms with E-state index < -0.39 is 20.0 Å². The largest absolute Gasteiger partial charge is 0.494 e. The first kappa shape index (κ1) is 23.6. The van der Waals surface area contributed by atoms with Gasteiger partial charge >= 0.3 is 0 Å². The van der Waals surface area contributed by atoms with Gasteiger partial charge in [-0.05, 0) is 87.4 Å². The van der Waals surface area contributed by atoms with Gasteiger partial charge in [-0.2, -0.15) is 0 Å². The summed E-state index contributed by atoms with van der Waals surface area (Å²) in [6.07, 6.45) is 0. The fourth-order valence-electron chi connectivity index (χ4n) is 3.33. The number of hydrogen-bond acceptors (Lipinski definition) is 5. The lowest BCUT2D eigenvalue weighted by Crippen LogP contribution is -2.15. The van der Waals surface area contributed by atoms with Crippen LogP contribution in [0.1, 0.15) is 23.6 Å². The van der Waals surface area contributed by atoms with Gasteiger partial charge < -0.3 is 4.74 Å². The summed E-state index contributed by atoms with van der Waals surface area (Å²) in [4.78, 5) is 0.102. The van der Waals surface area contributed by atoms with E-state index in [1.165, 1.54) is 36.4 Å². The molecule has 0 fully saturated rings. The molecule has 3 aromatic carbocycles. The lowest BCUT2D eigenvalue weighted by atomic mass is 10.1. The zero-order chi connectivity index (χ0) is 23.5. The molecule has 0 aliphatic heterocycles. The third-order valence-electron chi connectivity index (χ3n) is 4.78. The lowest BCUT2D eigenvalue weighted by Gasteiger charge is -2.15. The van der Waals surface area contributed by atoms with Crippen LogP contribution in [0.2, 0.25) is 0 Å². The number of sulfonamides is 2. The van der Waals surface area contributed by atoms with Crippen molar-refractivity contribution in [3.8, 4) is 5.75 Å². The number of aryl methyl sites for hydroxylation is 3. The van der Waals surface area contributed by atoms with Crippen molar-refractivity contribution in [2.75, 3.05) is 16.1 Å². The van der Waals surface area contributed by atoms with Gasteiger partial charge in [-0.15, -0.1) is 0 Å². The predicted octanol–water partition coefficient (Wildman–Crippen LogP) is 4.61. The molecule has 0 spiro atoms. The molecule has 7 nitrogen and oxygen atoms in total. The third kappa shape index (κ3) is 5.41. The van der Waals surface area contributed by atoms with E-state index in [9.17, 15) is 16.8 Å². The second-order valence-corrected chi connectivity index (χ2v) is 10.8. The molecule has 0 unspecified atom stereocenters. The van der Waals surface area contributed by atoms with Gasteiger partial charge in [-0.25, -0.2) is 16.8 Å². The number of rotatable bonds is 8. The van der Waals surface area contributed by atoms with Crippen molar-refractivity contribution >= 4 is 31.4 Å². The number of hydrogen-bond donors (Lipinski definition) is 2. The summed E-state index contributed by atoms with van der Waals surface area (Å²) in [5.74, 6) is 0.576. The standard InChI is InChI=1S/C23H26N2O5S2/c1-5-30-20-8-12-22(13-9-20)31(26,27)24-19-6-10-21(11-7-19)32(28,29)25-23-17(3)14-16(2)15-18(23)4/h6-15,24-25H,5H2,1-4H3. The second-order valence-electron chi connectivity index (χ2n) is 7.41. The van der Waals surface area contributed by atoms with Gasteiger partial charge in [-0.1, -0.05) is 17.7 Å². The van der Waals surface area contributed by atoms with Crippen molar-refractivity contribution in [3.05, 3.63) is 77.4 Å². The lowest BCUT2D eigenvalue weighted by molar-refractivity contribution is 0.340. The number of nitrogens with one attached hydrogen (secondary N) is 2. The summed E-state index contributed by atoms with van der Waals surface area (Å²) in [5, 5.41) is 0. The summed E-state index contributed by atoms with van der Waals surface area (Å²) < 4.78 is 61.3. The molecule has 0 atom stereocenters. The minimum absolute atomic E-state index is 0.0286. The van der Waals surface area contributed by atoms with Gasteiger partial charge in [0.1, 0.15) is 5.75 Å². The molecular formula is C23H26N2O5S2. The van der Waals surface area contributed by atoms with E-state index in [4.69, 9.17) is 4.74 Å². The summed E-state index contributed by atoms with van der Waals surface area (Å²) in [7, 11) is -7.66. The molecule has 0 aromatic heterocycles. The first-order valence-corrected chi connectivity index (χ1v) is 12.9. The van der Waals surface area contributed by atoms with Crippen molar-refractivity contribution in [3.63, 3.8) is 0 Å². The Hall–Kier alpha value is -3.04. The van der Waals surface area contributed by atoms with Gasteiger partial charge in [0.15, 0.2) is 0 Å². The van der Waals surface area contributed by atoms with Crippen LogP contribution in [0, 0.1) is 20.8 Å². The highest BCUT2D eigenvalue weighted by molar-refractivity contribution is 7.93. The Bertz CT molecular complexity index is 1290. The van der Waals surface area contributed by atoms with Gasteiger partial charge in [0, 0.05) is 5.69 Å². The predicted molar refractivity (Wildman–Crippen MR) is 126 cm³/mol. The van der Waals surface area contributed by atoms with Gasteiger partial charge in [0.2, 0.25) is 0 Å². The smallest absolute Gasteiger partial charge is 0.261 e. The quantitative estimate of drug-likeness (QED) is 0.496. The fraction of sp³-hybridized carbons (Fsp3) is 0.217. The molecule has 170 valence electrons. The van der Waals surface area contributed by atoms with Crippen LogP contribution in [0.4, 0.5) is 11.4 Å². The molecule has 0 saturated heterocycles. The number of anilines is 2. The average Bonchev–Trinajstić information content (AvgIpc) is 2.71. The molecule has 0 saturated carbocycles. The summed E-state index contributed by atoms with van der Waals surface area (Å²) in [6.45, 7) is 7.96. The van der Waals surface area contributed by atoms with Crippen LogP contribution in [0.5, 0.6) is 5.75 Å². The van der Waals surface area contributed by atoms with Crippen LogP contribution in [0.25, 0.3) is 0 Å². The molecule has 0 heterocycles. The Balaban J connectivity index is 1.78. The highest BCUT2D eigenvalue weighted by Gasteiger charge is 2.18. The molecule has 0 radical (unpaired) electrons. The Morgan fingerprint density at radius 3 is 1.69 bits per heavy atom. The first-order chi connectivity index (χ1) is 15.0. The Morgan fingerprint density at radius 1 is 0.719 bits per heavy atom. The zero-order valence-electron chi connectivity index (χ0n) is 18.3. The number of benzene rings is 3. The molecule has 0 aliphatic carbocycles. The monoisotopic (exact) mass is 474 g/mol. The maximum Gasteiger partial charge on any atom is 0.261 e. The van der Waals surface area contributed by atoms with Crippen LogP contribution < -0.4 is 14.2 Å². The average molecular weight is 475 g/mol. The van der Waals surface area contributed by atoms with E-state index in [0.717, 1.165) is 16.7 Å². The highest BCUT2D eigenvalue weighted by atomic mass is 32.2. The minimum Gasteiger partial charge on any atom is -0.494 e.